The van der Waals surface area contributed by atoms with E-state index in [1.165, 1.54) is 0 Å². The summed E-state index contributed by atoms with van der Waals surface area (Å²) in [7, 11) is 0. The number of halogens is 4. The van der Waals surface area contributed by atoms with Gasteiger partial charge in [0, 0.05) is 4.47 Å². The predicted octanol–water partition coefficient (Wildman–Crippen LogP) is 4.51. The third-order valence-electron chi connectivity index (χ3n) is 2.41. The lowest BCUT2D eigenvalue weighted by Gasteiger charge is -2.10. The Morgan fingerprint density at radius 1 is 0.900 bits per heavy atom. The van der Waals surface area contributed by atoms with Gasteiger partial charge in [-0.3, -0.25) is 0 Å². The van der Waals surface area contributed by atoms with Gasteiger partial charge in [-0.1, -0.05) is 12.1 Å². The van der Waals surface area contributed by atoms with Crippen molar-refractivity contribution in [1.82, 2.24) is 0 Å². The summed E-state index contributed by atoms with van der Waals surface area (Å²) in [5, 5.41) is 4.54. The summed E-state index contributed by atoms with van der Waals surface area (Å²) in [4.78, 5) is 11.7. The van der Waals surface area contributed by atoms with Crippen molar-refractivity contribution >= 4 is 33.3 Å². The zero-order valence-corrected chi connectivity index (χ0v) is 11.5. The van der Waals surface area contributed by atoms with Crippen LogP contribution in [-0.2, 0) is 0 Å². The molecule has 0 aliphatic carbocycles. The number of para-hydroxylation sites is 1. The molecule has 0 spiro atoms. The summed E-state index contributed by atoms with van der Waals surface area (Å²) in [6.45, 7) is 0. The average Bonchev–Trinajstić information content (AvgIpc) is 2.42. The van der Waals surface area contributed by atoms with Crippen molar-refractivity contribution in [3.63, 3.8) is 0 Å². The molecule has 3 nitrogen and oxygen atoms in total. The second-order valence-corrected chi connectivity index (χ2v) is 4.64. The van der Waals surface area contributed by atoms with Gasteiger partial charge in [0.1, 0.15) is 0 Å². The van der Waals surface area contributed by atoms with Crippen molar-refractivity contribution in [3.8, 4) is 0 Å². The van der Waals surface area contributed by atoms with Crippen LogP contribution in [-0.4, -0.2) is 6.03 Å². The number of nitrogens with one attached hydrogen (secondary N) is 2. The Labute approximate surface area is 120 Å². The molecule has 2 N–H and O–H groups in total. The van der Waals surface area contributed by atoms with Crippen LogP contribution in [0.4, 0.5) is 29.3 Å². The molecule has 0 aromatic heterocycles. The van der Waals surface area contributed by atoms with E-state index in [1.54, 1.807) is 24.3 Å². The van der Waals surface area contributed by atoms with Crippen molar-refractivity contribution in [3.05, 3.63) is 58.3 Å². The summed E-state index contributed by atoms with van der Waals surface area (Å²) >= 11 is 3.22. The molecule has 2 aromatic carbocycles. The van der Waals surface area contributed by atoms with Crippen LogP contribution in [0.25, 0.3) is 0 Å². The third-order valence-corrected chi connectivity index (χ3v) is 3.10. The first-order chi connectivity index (χ1) is 9.49. The molecule has 0 saturated heterocycles. The summed E-state index contributed by atoms with van der Waals surface area (Å²) in [6, 6.07) is 7.65. The number of anilines is 2. The second kappa shape index (κ2) is 5.96. The molecule has 0 unspecified atom stereocenters. The third kappa shape index (κ3) is 3.11. The van der Waals surface area contributed by atoms with Gasteiger partial charge in [0.2, 0.25) is 0 Å². The number of carbonyl (C=O) groups is 1. The van der Waals surface area contributed by atoms with Crippen LogP contribution in [0.3, 0.4) is 0 Å². The van der Waals surface area contributed by atoms with Crippen LogP contribution < -0.4 is 10.6 Å². The van der Waals surface area contributed by atoms with Crippen LogP contribution in [0.15, 0.2) is 40.9 Å². The first-order valence-electron chi connectivity index (χ1n) is 5.45. The Bertz CT molecular complexity index is 664. The maximum absolute atomic E-state index is 13.4. The number of rotatable bonds is 2. The fourth-order valence-corrected chi connectivity index (χ4v) is 1.84. The van der Waals surface area contributed by atoms with Gasteiger partial charge in [-0.25, -0.2) is 18.0 Å². The number of benzene rings is 2. The summed E-state index contributed by atoms with van der Waals surface area (Å²) in [6.07, 6.45) is 0. The minimum Gasteiger partial charge on any atom is -0.307 e. The Kier molecular flexibility index (Phi) is 4.29. The monoisotopic (exact) mass is 344 g/mol. The minimum absolute atomic E-state index is 0.451. The summed E-state index contributed by atoms with van der Waals surface area (Å²) in [5.74, 6) is -4.41. The standard InChI is InChI=1S/C13H8BrF3N2O/c14-7-3-1-2-4-9(7)18-13(20)19-10-6-5-8(15)11(16)12(10)17/h1-6H,(H2,18,19,20). The molecule has 0 fully saturated rings. The number of urea groups is 1. The van der Waals surface area contributed by atoms with Crippen LogP contribution >= 0.6 is 15.9 Å². The van der Waals surface area contributed by atoms with E-state index in [9.17, 15) is 18.0 Å². The molecular formula is C13H8BrF3N2O. The molecule has 20 heavy (non-hydrogen) atoms. The normalized spacial score (nSPS) is 10.2. The van der Waals surface area contributed by atoms with Crippen molar-refractivity contribution in [1.29, 1.82) is 0 Å². The summed E-state index contributed by atoms with van der Waals surface area (Å²) in [5.41, 5.74) is 0.00134. The Balaban J connectivity index is 2.13. The molecule has 2 rings (SSSR count). The van der Waals surface area contributed by atoms with E-state index in [2.05, 4.69) is 26.6 Å². The van der Waals surface area contributed by atoms with Crippen molar-refractivity contribution < 1.29 is 18.0 Å². The SMILES string of the molecule is O=C(Nc1ccccc1Br)Nc1ccc(F)c(F)c1F. The lowest BCUT2D eigenvalue weighted by molar-refractivity contribution is 0.262. The van der Waals surface area contributed by atoms with Crippen LogP contribution in [0.1, 0.15) is 0 Å². The van der Waals surface area contributed by atoms with Crippen LogP contribution in [0.2, 0.25) is 0 Å². The van der Waals surface area contributed by atoms with E-state index in [4.69, 9.17) is 0 Å². The lowest BCUT2D eigenvalue weighted by atomic mass is 10.3. The quantitative estimate of drug-likeness (QED) is 0.773. The van der Waals surface area contributed by atoms with Crippen LogP contribution in [0.5, 0.6) is 0 Å². The molecule has 7 heteroatoms. The van der Waals surface area contributed by atoms with E-state index < -0.39 is 29.2 Å². The van der Waals surface area contributed by atoms with Gasteiger partial charge >= 0.3 is 6.03 Å². The largest absolute Gasteiger partial charge is 0.323 e. The van der Waals surface area contributed by atoms with E-state index in [1.807, 2.05) is 0 Å². The molecule has 0 bridgehead atoms. The fourth-order valence-electron chi connectivity index (χ4n) is 1.46. The molecule has 2 amide bonds. The fraction of sp³-hybridized carbons (Fsp3) is 0. The molecule has 2 aromatic rings. The van der Waals surface area contributed by atoms with Gasteiger partial charge in [0.25, 0.3) is 0 Å². The maximum atomic E-state index is 13.4. The highest BCUT2D eigenvalue weighted by atomic mass is 79.9. The van der Waals surface area contributed by atoms with Crippen molar-refractivity contribution in [2.75, 3.05) is 10.6 Å². The molecule has 0 heterocycles. The molecule has 0 aliphatic heterocycles. The molecule has 0 radical (unpaired) electrons. The minimum atomic E-state index is -1.64. The van der Waals surface area contributed by atoms with E-state index in [0.717, 1.165) is 12.1 Å². The second-order valence-electron chi connectivity index (χ2n) is 3.78. The zero-order valence-electron chi connectivity index (χ0n) is 9.88. The molecule has 104 valence electrons. The van der Waals surface area contributed by atoms with Gasteiger partial charge in [-0.15, -0.1) is 0 Å². The highest BCUT2D eigenvalue weighted by molar-refractivity contribution is 9.10. The first-order valence-corrected chi connectivity index (χ1v) is 6.24. The van der Waals surface area contributed by atoms with Crippen molar-refractivity contribution in [2.24, 2.45) is 0 Å². The average molecular weight is 345 g/mol. The van der Waals surface area contributed by atoms with E-state index in [-0.39, 0.29) is 0 Å². The Morgan fingerprint density at radius 2 is 1.55 bits per heavy atom. The van der Waals surface area contributed by atoms with Gasteiger partial charge in [0.05, 0.1) is 11.4 Å². The smallest absolute Gasteiger partial charge is 0.307 e. The molecule has 0 atom stereocenters. The summed E-state index contributed by atoms with van der Waals surface area (Å²) < 4.78 is 39.8. The predicted molar refractivity (Wildman–Crippen MR) is 73.1 cm³/mol. The first kappa shape index (κ1) is 14.4. The number of carbonyl (C=O) groups excluding carboxylic acids is 1. The highest BCUT2D eigenvalue weighted by Gasteiger charge is 2.15. The molecule has 0 saturated carbocycles. The molecular weight excluding hydrogens is 337 g/mol. The highest BCUT2D eigenvalue weighted by Crippen LogP contribution is 2.23. The van der Waals surface area contributed by atoms with Crippen molar-refractivity contribution in [2.45, 2.75) is 0 Å². The number of hydrogen-bond acceptors (Lipinski definition) is 1. The number of hydrogen-bond donors (Lipinski definition) is 2. The lowest BCUT2D eigenvalue weighted by Crippen LogP contribution is -2.20. The molecule has 0 aliphatic rings. The zero-order chi connectivity index (χ0) is 14.7. The Hall–Kier alpha value is -2.02. The Morgan fingerprint density at radius 3 is 2.25 bits per heavy atom. The van der Waals surface area contributed by atoms with Crippen LogP contribution in [0, 0.1) is 17.5 Å². The van der Waals surface area contributed by atoms with E-state index in [0.29, 0.717) is 10.2 Å². The van der Waals surface area contributed by atoms with Gasteiger partial charge in [0.15, 0.2) is 17.5 Å². The van der Waals surface area contributed by atoms with Gasteiger partial charge < -0.3 is 10.6 Å². The van der Waals surface area contributed by atoms with E-state index >= 15 is 0 Å². The van der Waals surface area contributed by atoms with Gasteiger partial charge in [-0.05, 0) is 40.2 Å². The van der Waals surface area contributed by atoms with Gasteiger partial charge in [-0.2, -0.15) is 0 Å². The topological polar surface area (TPSA) is 41.1 Å². The number of amides is 2. The maximum Gasteiger partial charge on any atom is 0.323 e.